The van der Waals surface area contributed by atoms with Crippen LogP contribution in [0.15, 0.2) is 23.1 Å². The molecular weight excluding hydrogens is 328 g/mol. The molecule has 132 valence electrons. The van der Waals surface area contributed by atoms with E-state index in [0.717, 1.165) is 30.4 Å². The van der Waals surface area contributed by atoms with Gasteiger partial charge in [-0.25, -0.2) is 8.42 Å². The molecule has 0 aliphatic carbocycles. The lowest BCUT2D eigenvalue weighted by molar-refractivity contribution is -0.129. The van der Waals surface area contributed by atoms with E-state index in [9.17, 15) is 18.3 Å². The Hall–Kier alpha value is -1.44. The Balaban J connectivity index is 1.87. The highest BCUT2D eigenvalue weighted by atomic mass is 32.2. The lowest BCUT2D eigenvalue weighted by atomic mass is 10.00. The second-order valence-corrected chi connectivity index (χ2v) is 8.61. The third-order valence-electron chi connectivity index (χ3n) is 5.01. The van der Waals surface area contributed by atoms with Gasteiger partial charge in [0.15, 0.2) is 0 Å². The topological polar surface area (TPSA) is 77.9 Å². The molecular formula is C17H24N2O4S. The molecule has 0 spiro atoms. The Morgan fingerprint density at radius 1 is 1.29 bits per heavy atom. The fraction of sp³-hybridized carbons (Fsp3) is 0.588. The average Bonchev–Trinajstić information content (AvgIpc) is 2.60. The number of nitrogens with zero attached hydrogens (tertiary/aromatic N) is 2. The lowest BCUT2D eigenvalue weighted by Crippen LogP contribution is -2.41. The van der Waals surface area contributed by atoms with E-state index in [2.05, 4.69) is 0 Å². The van der Waals surface area contributed by atoms with Gasteiger partial charge >= 0.3 is 0 Å². The first-order valence-corrected chi connectivity index (χ1v) is 9.84. The first-order chi connectivity index (χ1) is 11.4. The van der Waals surface area contributed by atoms with Gasteiger partial charge in [0.25, 0.3) is 0 Å². The number of fused-ring (bicyclic) bond motifs is 1. The Morgan fingerprint density at radius 2 is 2.08 bits per heavy atom. The van der Waals surface area contributed by atoms with Crippen LogP contribution in [-0.4, -0.2) is 54.9 Å². The first kappa shape index (κ1) is 17.4. The summed E-state index contributed by atoms with van der Waals surface area (Å²) in [5.74, 6) is 0.0232. The van der Waals surface area contributed by atoms with Gasteiger partial charge in [0.1, 0.15) is 0 Å². The molecule has 1 N–H and O–H groups in total. The van der Waals surface area contributed by atoms with Crippen LogP contribution in [0.2, 0.25) is 0 Å². The lowest BCUT2D eigenvalue weighted by Gasteiger charge is -2.32. The van der Waals surface area contributed by atoms with Crippen molar-refractivity contribution in [1.29, 1.82) is 0 Å². The molecule has 0 saturated carbocycles. The number of rotatable bonds is 3. The number of aliphatic hydroxyl groups excluding tert-OH is 1. The number of carbonyl (C=O) groups is 1. The van der Waals surface area contributed by atoms with E-state index in [0.29, 0.717) is 26.2 Å². The fourth-order valence-corrected chi connectivity index (χ4v) is 5.11. The van der Waals surface area contributed by atoms with Crippen molar-refractivity contribution >= 4 is 15.9 Å². The van der Waals surface area contributed by atoms with Crippen LogP contribution in [0, 0.1) is 5.92 Å². The quantitative estimate of drug-likeness (QED) is 0.880. The maximum absolute atomic E-state index is 12.9. The minimum Gasteiger partial charge on any atom is -0.396 e. The molecule has 24 heavy (non-hydrogen) atoms. The van der Waals surface area contributed by atoms with Gasteiger partial charge in [0.2, 0.25) is 15.9 Å². The summed E-state index contributed by atoms with van der Waals surface area (Å²) >= 11 is 0. The number of sulfonamides is 1. The molecule has 1 aromatic rings. The highest BCUT2D eigenvalue weighted by Gasteiger charge is 2.31. The van der Waals surface area contributed by atoms with Crippen molar-refractivity contribution in [1.82, 2.24) is 9.21 Å². The van der Waals surface area contributed by atoms with Gasteiger partial charge in [0, 0.05) is 39.7 Å². The van der Waals surface area contributed by atoms with Crippen molar-refractivity contribution in [2.45, 2.75) is 37.6 Å². The molecule has 2 aliphatic rings. The molecule has 1 unspecified atom stereocenters. The van der Waals surface area contributed by atoms with Gasteiger partial charge in [-0.3, -0.25) is 4.79 Å². The number of hydrogen-bond donors (Lipinski definition) is 1. The third-order valence-corrected chi connectivity index (χ3v) is 6.87. The van der Waals surface area contributed by atoms with Crippen LogP contribution in [0.1, 0.15) is 30.9 Å². The van der Waals surface area contributed by atoms with Gasteiger partial charge in [-0.05, 0) is 48.4 Å². The van der Waals surface area contributed by atoms with Crippen LogP contribution in [0.5, 0.6) is 0 Å². The summed E-state index contributed by atoms with van der Waals surface area (Å²) in [7, 11) is -3.56. The van der Waals surface area contributed by atoms with E-state index in [4.69, 9.17) is 0 Å². The van der Waals surface area contributed by atoms with Crippen molar-refractivity contribution < 1.29 is 18.3 Å². The van der Waals surface area contributed by atoms with E-state index >= 15 is 0 Å². The van der Waals surface area contributed by atoms with Gasteiger partial charge in [-0.1, -0.05) is 6.07 Å². The van der Waals surface area contributed by atoms with E-state index < -0.39 is 10.0 Å². The molecule has 2 heterocycles. The van der Waals surface area contributed by atoms with Crippen molar-refractivity contribution in [3.8, 4) is 0 Å². The number of hydrogen-bond acceptors (Lipinski definition) is 4. The highest BCUT2D eigenvalue weighted by Crippen LogP contribution is 2.27. The number of amides is 1. The monoisotopic (exact) mass is 352 g/mol. The van der Waals surface area contributed by atoms with E-state index in [1.807, 2.05) is 6.07 Å². The Morgan fingerprint density at radius 3 is 2.79 bits per heavy atom. The Labute approximate surface area is 143 Å². The average molecular weight is 352 g/mol. The summed E-state index contributed by atoms with van der Waals surface area (Å²) in [6, 6.07) is 5.25. The molecule has 7 heteroatoms. The number of piperidine rings is 1. The van der Waals surface area contributed by atoms with Gasteiger partial charge in [-0.2, -0.15) is 4.31 Å². The predicted octanol–water partition coefficient (Wildman–Crippen LogP) is 0.984. The van der Waals surface area contributed by atoms with Crippen LogP contribution >= 0.6 is 0 Å². The predicted molar refractivity (Wildman–Crippen MR) is 89.8 cm³/mol. The molecule has 0 radical (unpaired) electrons. The summed E-state index contributed by atoms with van der Waals surface area (Å²) in [5, 5.41) is 9.33. The third kappa shape index (κ3) is 3.34. The maximum atomic E-state index is 12.9. The van der Waals surface area contributed by atoms with Crippen LogP contribution in [-0.2, 0) is 27.8 Å². The van der Waals surface area contributed by atoms with Crippen LogP contribution in [0.25, 0.3) is 0 Å². The standard InChI is InChI=1S/C17H24N2O4S/c1-13(21)18-8-6-15-4-5-17(9-16(15)11-18)24(22,23)19-7-2-3-14(10-19)12-20/h4-5,9,14,20H,2-3,6-8,10-12H2,1H3. The molecule has 1 amide bonds. The van der Waals surface area contributed by atoms with Crippen molar-refractivity contribution in [3.05, 3.63) is 29.3 Å². The minimum atomic E-state index is -3.56. The zero-order chi connectivity index (χ0) is 17.3. The maximum Gasteiger partial charge on any atom is 0.243 e. The van der Waals surface area contributed by atoms with Crippen molar-refractivity contribution in [2.24, 2.45) is 5.92 Å². The smallest absolute Gasteiger partial charge is 0.243 e. The van der Waals surface area contributed by atoms with Crippen molar-refractivity contribution in [2.75, 3.05) is 26.2 Å². The molecule has 0 bridgehead atoms. The zero-order valence-corrected chi connectivity index (χ0v) is 14.8. The summed E-state index contributed by atoms with van der Waals surface area (Å²) < 4.78 is 27.3. The zero-order valence-electron chi connectivity index (χ0n) is 13.9. The van der Waals surface area contributed by atoms with Crippen molar-refractivity contribution in [3.63, 3.8) is 0 Å². The summed E-state index contributed by atoms with van der Waals surface area (Å²) in [5.41, 5.74) is 2.02. The second-order valence-electron chi connectivity index (χ2n) is 6.67. The highest BCUT2D eigenvalue weighted by molar-refractivity contribution is 7.89. The minimum absolute atomic E-state index is 0.00993. The molecule has 0 aromatic heterocycles. The van der Waals surface area contributed by atoms with E-state index in [1.54, 1.807) is 17.0 Å². The van der Waals surface area contributed by atoms with Crippen LogP contribution < -0.4 is 0 Å². The van der Waals surface area contributed by atoms with E-state index in [-0.39, 0.29) is 23.3 Å². The van der Waals surface area contributed by atoms with Crippen LogP contribution in [0.4, 0.5) is 0 Å². The van der Waals surface area contributed by atoms with Crippen LogP contribution in [0.3, 0.4) is 0 Å². The first-order valence-electron chi connectivity index (χ1n) is 8.40. The second kappa shape index (κ2) is 6.82. The molecule has 1 fully saturated rings. The molecule has 1 aromatic carbocycles. The molecule has 6 nitrogen and oxygen atoms in total. The molecule has 2 aliphatic heterocycles. The van der Waals surface area contributed by atoms with Gasteiger partial charge in [0.05, 0.1) is 4.90 Å². The molecule has 3 rings (SSSR count). The van der Waals surface area contributed by atoms with Gasteiger partial charge < -0.3 is 10.0 Å². The largest absolute Gasteiger partial charge is 0.396 e. The summed E-state index contributed by atoms with van der Waals surface area (Å²) in [6.07, 6.45) is 2.39. The Bertz CT molecular complexity index is 732. The Kier molecular flexibility index (Phi) is 4.94. The number of aliphatic hydroxyl groups is 1. The summed E-state index contributed by atoms with van der Waals surface area (Å²) in [6.45, 7) is 3.56. The number of carbonyl (C=O) groups excluding carboxylic acids is 1. The normalized spacial score (nSPS) is 22.2. The summed E-state index contributed by atoms with van der Waals surface area (Å²) in [4.78, 5) is 13.6. The van der Waals surface area contributed by atoms with E-state index in [1.165, 1.54) is 11.2 Å². The molecule has 1 saturated heterocycles. The molecule has 1 atom stereocenters. The SMILES string of the molecule is CC(=O)N1CCc2ccc(S(=O)(=O)N3CCCC(CO)C3)cc2C1. The fourth-order valence-electron chi connectivity index (χ4n) is 3.51. The number of benzene rings is 1. The van der Waals surface area contributed by atoms with Gasteiger partial charge in [-0.15, -0.1) is 0 Å².